The molecule has 0 aliphatic carbocycles. The Kier molecular flexibility index (Phi) is 6.38. The standard InChI is InChI=1S/C22H26ClNO2S/c1-15-6-11-20-18(13-15)19(14-22(2,3)26-20)24-21(25)5-4-12-27-17-9-7-16(23)8-10-17/h6-11,13,19H,4-5,12,14H2,1-3H3,(H,24,25). The van der Waals surface area contributed by atoms with Crippen LogP contribution < -0.4 is 10.1 Å². The highest BCUT2D eigenvalue weighted by Gasteiger charge is 2.34. The summed E-state index contributed by atoms with van der Waals surface area (Å²) in [5.74, 6) is 1.88. The number of hydrogen-bond acceptors (Lipinski definition) is 3. The third kappa shape index (κ3) is 5.66. The van der Waals surface area contributed by atoms with Gasteiger partial charge in [-0.25, -0.2) is 0 Å². The molecule has 2 aromatic carbocycles. The summed E-state index contributed by atoms with van der Waals surface area (Å²) in [5.41, 5.74) is 1.97. The second kappa shape index (κ2) is 8.57. The van der Waals surface area contributed by atoms with E-state index in [-0.39, 0.29) is 17.6 Å². The summed E-state index contributed by atoms with van der Waals surface area (Å²) >= 11 is 7.65. The van der Waals surface area contributed by atoms with Crippen LogP contribution in [0.5, 0.6) is 5.75 Å². The largest absolute Gasteiger partial charge is 0.487 e. The number of fused-ring (bicyclic) bond motifs is 1. The van der Waals surface area contributed by atoms with E-state index in [2.05, 4.69) is 32.2 Å². The van der Waals surface area contributed by atoms with Crippen molar-refractivity contribution in [2.75, 3.05) is 5.75 Å². The number of halogens is 1. The van der Waals surface area contributed by atoms with E-state index >= 15 is 0 Å². The second-order valence-corrected chi connectivity index (χ2v) is 9.24. The number of aryl methyl sites for hydroxylation is 1. The molecule has 144 valence electrons. The van der Waals surface area contributed by atoms with Crippen molar-refractivity contribution in [2.45, 2.75) is 56.6 Å². The Hall–Kier alpha value is -1.65. The third-order valence-electron chi connectivity index (χ3n) is 4.59. The minimum absolute atomic E-state index is 0.0000632. The normalized spacial score (nSPS) is 17.7. The monoisotopic (exact) mass is 403 g/mol. The zero-order chi connectivity index (χ0) is 19.4. The van der Waals surface area contributed by atoms with Crippen LogP contribution in [-0.2, 0) is 4.79 Å². The molecule has 27 heavy (non-hydrogen) atoms. The van der Waals surface area contributed by atoms with Gasteiger partial charge < -0.3 is 10.1 Å². The highest BCUT2D eigenvalue weighted by Crippen LogP contribution is 2.39. The summed E-state index contributed by atoms with van der Waals surface area (Å²) in [6, 6.07) is 14.0. The van der Waals surface area contributed by atoms with Crippen molar-refractivity contribution in [1.82, 2.24) is 5.32 Å². The Morgan fingerprint density at radius 1 is 1.26 bits per heavy atom. The maximum atomic E-state index is 12.5. The lowest BCUT2D eigenvalue weighted by Gasteiger charge is -2.38. The Balaban J connectivity index is 1.53. The van der Waals surface area contributed by atoms with Crippen LogP contribution in [0.1, 0.15) is 50.3 Å². The van der Waals surface area contributed by atoms with Gasteiger partial charge in [-0.2, -0.15) is 0 Å². The zero-order valence-corrected chi connectivity index (χ0v) is 17.6. The van der Waals surface area contributed by atoms with Gasteiger partial charge >= 0.3 is 0 Å². The SMILES string of the molecule is Cc1ccc2c(c1)C(NC(=O)CCCSc1ccc(Cl)cc1)CC(C)(C)O2. The van der Waals surface area contributed by atoms with Gasteiger partial charge in [0.15, 0.2) is 0 Å². The van der Waals surface area contributed by atoms with Crippen LogP contribution in [0, 0.1) is 6.92 Å². The average molecular weight is 404 g/mol. The molecule has 3 rings (SSSR count). The molecule has 1 N–H and O–H groups in total. The molecule has 0 fully saturated rings. The van der Waals surface area contributed by atoms with Crippen LogP contribution in [0.4, 0.5) is 0 Å². The van der Waals surface area contributed by atoms with E-state index in [1.165, 1.54) is 10.5 Å². The van der Waals surface area contributed by atoms with Crippen LogP contribution in [0.3, 0.4) is 0 Å². The molecule has 5 heteroatoms. The summed E-state index contributed by atoms with van der Waals surface area (Å²) in [7, 11) is 0. The number of carbonyl (C=O) groups is 1. The van der Waals surface area contributed by atoms with Crippen molar-refractivity contribution in [3.05, 3.63) is 58.6 Å². The molecule has 0 aromatic heterocycles. The lowest BCUT2D eigenvalue weighted by molar-refractivity contribution is -0.122. The van der Waals surface area contributed by atoms with E-state index in [0.29, 0.717) is 6.42 Å². The van der Waals surface area contributed by atoms with Crippen molar-refractivity contribution < 1.29 is 9.53 Å². The molecular weight excluding hydrogens is 378 g/mol. The fourth-order valence-electron chi connectivity index (χ4n) is 3.32. The molecule has 1 heterocycles. The van der Waals surface area contributed by atoms with Crippen molar-refractivity contribution in [2.24, 2.45) is 0 Å². The van der Waals surface area contributed by atoms with E-state index in [4.69, 9.17) is 16.3 Å². The van der Waals surface area contributed by atoms with Gasteiger partial charge in [0.25, 0.3) is 0 Å². The molecule has 1 amide bonds. The Morgan fingerprint density at radius 2 is 2.00 bits per heavy atom. The number of carbonyl (C=O) groups excluding carboxylic acids is 1. The number of rotatable bonds is 6. The number of hydrogen-bond donors (Lipinski definition) is 1. The van der Waals surface area contributed by atoms with Crippen LogP contribution in [-0.4, -0.2) is 17.3 Å². The summed E-state index contributed by atoms with van der Waals surface area (Å²) < 4.78 is 6.08. The average Bonchev–Trinajstić information content (AvgIpc) is 2.60. The quantitative estimate of drug-likeness (QED) is 0.479. The summed E-state index contributed by atoms with van der Waals surface area (Å²) in [6.45, 7) is 6.20. The topological polar surface area (TPSA) is 38.3 Å². The van der Waals surface area contributed by atoms with Gasteiger partial charge in [0.1, 0.15) is 11.4 Å². The van der Waals surface area contributed by atoms with Crippen LogP contribution in [0.2, 0.25) is 5.02 Å². The molecule has 0 bridgehead atoms. The van der Waals surface area contributed by atoms with Gasteiger partial charge in [-0.3, -0.25) is 4.79 Å². The Labute approximate surface area is 170 Å². The fraction of sp³-hybridized carbons (Fsp3) is 0.409. The van der Waals surface area contributed by atoms with Gasteiger partial charge in [-0.15, -0.1) is 11.8 Å². The minimum Gasteiger partial charge on any atom is -0.487 e. The molecule has 0 saturated heterocycles. The maximum absolute atomic E-state index is 12.5. The fourth-order valence-corrected chi connectivity index (χ4v) is 4.30. The van der Waals surface area contributed by atoms with Gasteiger partial charge in [-0.1, -0.05) is 29.3 Å². The van der Waals surface area contributed by atoms with E-state index in [1.807, 2.05) is 36.4 Å². The second-order valence-electron chi connectivity index (χ2n) is 7.63. The molecule has 0 saturated carbocycles. The van der Waals surface area contributed by atoms with Gasteiger partial charge in [-0.05, 0) is 63.3 Å². The van der Waals surface area contributed by atoms with Crippen molar-refractivity contribution in [3.63, 3.8) is 0 Å². The summed E-state index contributed by atoms with van der Waals surface area (Å²) in [6.07, 6.45) is 2.14. The number of ether oxygens (including phenoxy) is 1. The first-order valence-corrected chi connectivity index (χ1v) is 10.7. The molecule has 1 unspecified atom stereocenters. The van der Waals surface area contributed by atoms with Crippen molar-refractivity contribution in [3.8, 4) is 5.75 Å². The first-order chi connectivity index (χ1) is 12.8. The lowest BCUT2D eigenvalue weighted by Crippen LogP contribution is -2.41. The van der Waals surface area contributed by atoms with E-state index in [9.17, 15) is 4.79 Å². The summed E-state index contributed by atoms with van der Waals surface area (Å²) in [4.78, 5) is 13.7. The van der Waals surface area contributed by atoms with E-state index in [0.717, 1.165) is 34.9 Å². The molecule has 0 radical (unpaired) electrons. The van der Waals surface area contributed by atoms with E-state index in [1.54, 1.807) is 11.8 Å². The third-order valence-corrected chi connectivity index (χ3v) is 5.94. The van der Waals surface area contributed by atoms with Crippen LogP contribution >= 0.6 is 23.4 Å². The van der Waals surface area contributed by atoms with Crippen molar-refractivity contribution in [1.29, 1.82) is 0 Å². The molecule has 0 spiro atoms. The predicted molar refractivity (Wildman–Crippen MR) is 113 cm³/mol. The number of amides is 1. The lowest BCUT2D eigenvalue weighted by atomic mass is 9.89. The Bertz CT molecular complexity index is 804. The molecule has 1 aliphatic rings. The predicted octanol–water partition coefficient (Wildman–Crippen LogP) is 5.94. The molecule has 2 aromatic rings. The molecule has 1 aliphatic heterocycles. The highest BCUT2D eigenvalue weighted by atomic mass is 35.5. The van der Waals surface area contributed by atoms with Crippen molar-refractivity contribution >= 4 is 29.3 Å². The van der Waals surface area contributed by atoms with Gasteiger partial charge in [0.05, 0.1) is 6.04 Å². The number of nitrogens with one attached hydrogen (secondary N) is 1. The van der Waals surface area contributed by atoms with E-state index < -0.39 is 0 Å². The number of thioether (sulfide) groups is 1. The molecule has 3 nitrogen and oxygen atoms in total. The first kappa shape index (κ1) is 20.1. The minimum atomic E-state index is -0.287. The smallest absolute Gasteiger partial charge is 0.220 e. The molecule has 1 atom stereocenters. The van der Waals surface area contributed by atoms with Gasteiger partial charge in [0, 0.05) is 28.3 Å². The maximum Gasteiger partial charge on any atom is 0.220 e. The zero-order valence-electron chi connectivity index (χ0n) is 16.0. The summed E-state index contributed by atoms with van der Waals surface area (Å²) in [5, 5.41) is 3.96. The first-order valence-electron chi connectivity index (χ1n) is 9.30. The van der Waals surface area contributed by atoms with Gasteiger partial charge in [0.2, 0.25) is 5.91 Å². The highest BCUT2D eigenvalue weighted by molar-refractivity contribution is 7.99. The number of benzene rings is 2. The van der Waals surface area contributed by atoms with Crippen LogP contribution in [0.25, 0.3) is 0 Å². The van der Waals surface area contributed by atoms with Crippen LogP contribution in [0.15, 0.2) is 47.4 Å². The molecular formula is C22H26ClNO2S. The Morgan fingerprint density at radius 3 is 2.74 bits per heavy atom.